The number of hydrogen-bond donors (Lipinski definition) is 3. The van der Waals surface area contributed by atoms with Crippen molar-refractivity contribution in [2.45, 2.75) is 353 Å². The molecule has 0 aromatic rings. The van der Waals surface area contributed by atoms with E-state index in [1.54, 1.807) is 6.08 Å². The van der Waals surface area contributed by atoms with Gasteiger partial charge in [0, 0.05) is 12.8 Å². The number of aliphatic hydroxyl groups excluding tert-OH is 2. The van der Waals surface area contributed by atoms with E-state index in [1.807, 2.05) is 6.08 Å². The molecule has 73 heavy (non-hydrogen) atoms. The topological polar surface area (TPSA) is 95.9 Å². The fourth-order valence-corrected chi connectivity index (χ4v) is 9.84. The van der Waals surface area contributed by atoms with Crippen molar-refractivity contribution in [2.75, 3.05) is 13.2 Å². The summed E-state index contributed by atoms with van der Waals surface area (Å²) in [4.78, 5) is 24.5. The maximum Gasteiger partial charge on any atom is 0.305 e. The first-order valence-corrected chi connectivity index (χ1v) is 32.4. The largest absolute Gasteiger partial charge is 0.466 e. The van der Waals surface area contributed by atoms with Crippen LogP contribution in [0.4, 0.5) is 0 Å². The first-order valence-electron chi connectivity index (χ1n) is 32.4. The second-order valence-corrected chi connectivity index (χ2v) is 22.1. The molecule has 428 valence electrons. The van der Waals surface area contributed by atoms with Gasteiger partial charge < -0.3 is 20.3 Å². The Morgan fingerprint density at radius 2 is 0.685 bits per heavy atom. The van der Waals surface area contributed by atoms with Gasteiger partial charge in [-0.3, -0.25) is 9.59 Å². The summed E-state index contributed by atoms with van der Waals surface area (Å²) < 4.78 is 5.48. The molecule has 0 saturated heterocycles. The number of ether oxygens (including phenoxy) is 1. The van der Waals surface area contributed by atoms with Crippen LogP contribution in [-0.4, -0.2) is 47.4 Å². The van der Waals surface area contributed by atoms with E-state index in [1.165, 1.54) is 263 Å². The summed E-state index contributed by atoms with van der Waals surface area (Å²) in [5.41, 5.74) is 0. The highest BCUT2D eigenvalue weighted by molar-refractivity contribution is 5.76. The van der Waals surface area contributed by atoms with E-state index in [0.29, 0.717) is 19.4 Å². The van der Waals surface area contributed by atoms with Gasteiger partial charge in [0.1, 0.15) is 0 Å². The van der Waals surface area contributed by atoms with Crippen molar-refractivity contribution in [1.82, 2.24) is 5.32 Å². The van der Waals surface area contributed by atoms with E-state index < -0.39 is 12.1 Å². The van der Waals surface area contributed by atoms with Crippen LogP contribution in [-0.2, 0) is 14.3 Å². The second kappa shape index (κ2) is 62.4. The zero-order valence-corrected chi connectivity index (χ0v) is 48.9. The Hall–Kier alpha value is -2.18. The molecule has 1 amide bonds. The first kappa shape index (κ1) is 70.8. The van der Waals surface area contributed by atoms with Gasteiger partial charge in [-0.25, -0.2) is 0 Å². The fourth-order valence-electron chi connectivity index (χ4n) is 9.84. The maximum absolute atomic E-state index is 12.5. The molecule has 6 heteroatoms. The Morgan fingerprint density at radius 1 is 0.384 bits per heavy atom. The lowest BCUT2D eigenvalue weighted by atomic mass is 10.0. The monoisotopic (exact) mass is 1020 g/mol. The molecule has 6 nitrogen and oxygen atoms in total. The zero-order chi connectivity index (χ0) is 52.9. The lowest BCUT2D eigenvalue weighted by molar-refractivity contribution is -0.143. The second-order valence-electron chi connectivity index (χ2n) is 22.1. The molecule has 2 unspecified atom stereocenters. The van der Waals surface area contributed by atoms with E-state index in [9.17, 15) is 19.8 Å². The van der Waals surface area contributed by atoms with E-state index in [2.05, 4.69) is 55.6 Å². The van der Waals surface area contributed by atoms with Gasteiger partial charge in [0.25, 0.3) is 0 Å². The third-order valence-electron chi connectivity index (χ3n) is 14.8. The molecule has 0 spiro atoms. The Morgan fingerprint density at radius 3 is 1.08 bits per heavy atom. The molecule has 0 aromatic carbocycles. The van der Waals surface area contributed by atoms with E-state index in [4.69, 9.17) is 4.74 Å². The predicted octanol–water partition coefficient (Wildman–Crippen LogP) is 20.5. The van der Waals surface area contributed by atoms with Crippen molar-refractivity contribution in [3.8, 4) is 0 Å². The molecular formula is C67H125NO5. The minimum Gasteiger partial charge on any atom is -0.466 e. The summed E-state index contributed by atoms with van der Waals surface area (Å²) in [5.74, 6) is -0.0666. The smallest absolute Gasteiger partial charge is 0.305 e. The third-order valence-corrected chi connectivity index (χ3v) is 14.8. The van der Waals surface area contributed by atoms with Crippen LogP contribution in [0.25, 0.3) is 0 Å². The molecular weight excluding hydrogens is 899 g/mol. The van der Waals surface area contributed by atoms with Crippen molar-refractivity contribution in [1.29, 1.82) is 0 Å². The van der Waals surface area contributed by atoms with Gasteiger partial charge in [-0.05, 0) is 89.9 Å². The maximum atomic E-state index is 12.5. The van der Waals surface area contributed by atoms with Crippen LogP contribution in [0.2, 0.25) is 0 Å². The van der Waals surface area contributed by atoms with Gasteiger partial charge in [0.15, 0.2) is 0 Å². The molecule has 2 atom stereocenters. The molecule has 3 N–H and O–H groups in total. The van der Waals surface area contributed by atoms with Gasteiger partial charge in [-0.15, -0.1) is 0 Å². The Kier molecular flexibility index (Phi) is 60.5. The molecule has 0 heterocycles. The molecule has 0 aliphatic rings. The zero-order valence-electron chi connectivity index (χ0n) is 48.9. The molecule has 0 rings (SSSR count). The fraction of sp³-hybridized carbons (Fsp3) is 0.851. The van der Waals surface area contributed by atoms with Gasteiger partial charge in [-0.2, -0.15) is 0 Å². The normalized spacial score (nSPS) is 12.9. The average Bonchev–Trinajstić information content (AvgIpc) is 3.39. The number of aliphatic hydroxyl groups is 2. The minimum atomic E-state index is -0.844. The summed E-state index contributed by atoms with van der Waals surface area (Å²) >= 11 is 0. The number of nitrogens with one attached hydrogen (secondary N) is 1. The summed E-state index contributed by atoms with van der Waals surface area (Å²) in [6.45, 7) is 4.88. The van der Waals surface area contributed by atoms with Crippen LogP contribution >= 0.6 is 0 Å². The number of carbonyl (C=O) groups excluding carboxylic acids is 2. The van der Waals surface area contributed by atoms with Crippen molar-refractivity contribution >= 4 is 11.9 Å². The van der Waals surface area contributed by atoms with Crippen molar-refractivity contribution in [3.05, 3.63) is 48.6 Å². The predicted molar refractivity (Wildman–Crippen MR) is 319 cm³/mol. The SMILES string of the molecule is CCCCC/C=C\C/C=C\CCCCCCCC(=O)OCCCCCCCCCCCCCC/C=C\CCCCCCCCCCCCCCC(=O)NC(CO)C(O)/C=C/CCCCCCCCCCCCC. The lowest BCUT2D eigenvalue weighted by Crippen LogP contribution is -2.45. The van der Waals surface area contributed by atoms with Gasteiger partial charge in [-0.1, -0.05) is 287 Å². The van der Waals surface area contributed by atoms with Crippen LogP contribution < -0.4 is 5.32 Å². The molecule has 0 aliphatic heterocycles. The number of unbranched alkanes of at least 4 members (excludes halogenated alkanes) is 43. The van der Waals surface area contributed by atoms with E-state index >= 15 is 0 Å². The lowest BCUT2D eigenvalue weighted by Gasteiger charge is -2.20. The minimum absolute atomic E-state index is 0.00118. The van der Waals surface area contributed by atoms with Gasteiger partial charge in [0.2, 0.25) is 5.91 Å². The Labute approximate surface area is 455 Å². The summed E-state index contributed by atoms with van der Waals surface area (Å²) in [5, 5.41) is 23.1. The highest BCUT2D eigenvalue weighted by atomic mass is 16.5. The van der Waals surface area contributed by atoms with Crippen molar-refractivity contribution < 1.29 is 24.5 Å². The van der Waals surface area contributed by atoms with E-state index in [0.717, 1.165) is 51.4 Å². The summed E-state index contributed by atoms with van der Waals surface area (Å²) in [7, 11) is 0. The number of hydrogen-bond acceptors (Lipinski definition) is 5. The van der Waals surface area contributed by atoms with Crippen molar-refractivity contribution in [2.24, 2.45) is 0 Å². The highest BCUT2D eigenvalue weighted by Gasteiger charge is 2.18. The molecule has 0 saturated carbocycles. The molecule has 0 aliphatic carbocycles. The Balaban J connectivity index is 3.39. The van der Waals surface area contributed by atoms with E-state index in [-0.39, 0.29) is 18.5 Å². The number of amides is 1. The average molecular weight is 1020 g/mol. The van der Waals surface area contributed by atoms with Crippen LogP contribution in [0.5, 0.6) is 0 Å². The molecule has 0 fully saturated rings. The van der Waals surface area contributed by atoms with Crippen LogP contribution in [0.3, 0.4) is 0 Å². The third kappa shape index (κ3) is 58.9. The standard InChI is InChI=1S/C67H125NO5/c1-3-5-7-9-11-13-15-17-32-37-41-45-49-53-57-61-67(72)73-62-58-54-50-46-42-38-34-31-29-27-25-23-21-19-18-20-22-24-26-28-30-33-36-40-44-48-52-56-60-66(71)68-64(63-69)65(70)59-55-51-47-43-39-35-16-14-12-10-8-6-4-2/h11,13,17-19,32,55,59,64-65,69-70H,3-10,12,14-16,20-31,33-54,56-58,60-63H2,1-2H3,(H,68,71)/b13-11-,19-18-,32-17-,59-55+. The highest BCUT2D eigenvalue weighted by Crippen LogP contribution is 2.17. The quantitative estimate of drug-likeness (QED) is 0.0320. The van der Waals surface area contributed by atoms with Gasteiger partial charge in [0.05, 0.1) is 25.4 Å². The molecule has 0 aromatic heterocycles. The van der Waals surface area contributed by atoms with Crippen LogP contribution in [0.15, 0.2) is 48.6 Å². The van der Waals surface area contributed by atoms with Crippen LogP contribution in [0, 0.1) is 0 Å². The Bertz CT molecular complexity index is 1230. The summed E-state index contributed by atoms with van der Waals surface area (Å²) in [6.07, 6.45) is 80.2. The first-order chi connectivity index (χ1) is 36.0. The molecule has 0 bridgehead atoms. The number of carbonyl (C=O) groups is 2. The number of esters is 1. The van der Waals surface area contributed by atoms with Crippen LogP contribution in [0.1, 0.15) is 341 Å². The number of rotatable bonds is 60. The molecule has 0 radical (unpaired) electrons. The van der Waals surface area contributed by atoms with Gasteiger partial charge >= 0.3 is 5.97 Å². The van der Waals surface area contributed by atoms with Crippen molar-refractivity contribution in [3.63, 3.8) is 0 Å². The summed E-state index contributed by atoms with van der Waals surface area (Å²) in [6, 6.07) is -0.628. The number of allylic oxidation sites excluding steroid dienone is 7.